The number of nitrogens with one attached hydrogen (secondary N) is 1. The Hall–Kier alpha value is -1.53. The highest BCUT2D eigenvalue weighted by atomic mass is 32.1. The molecule has 6 heteroatoms. The minimum Gasteiger partial charge on any atom is -0.381 e. The molecule has 1 N–H and O–H groups in total. The second-order valence-corrected chi connectivity index (χ2v) is 5.43. The van der Waals surface area contributed by atoms with Crippen LogP contribution in [0.1, 0.15) is 20.3 Å². The van der Waals surface area contributed by atoms with Crippen molar-refractivity contribution in [3.05, 3.63) is 29.2 Å². The van der Waals surface area contributed by atoms with Crippen molar-refractivity contribution < 1.29 is 4.74 Å². The number of hydrogen-bond acceptors (Lipinski definition) is 4. The molecule has 2 rings (SSSR count). The average molecular weight is 292 g/mol. The first-order chi connectivity index (χ1) is 9.68. The number of ether oxygens (including phenoxy) is 1. The highest BCUT2D eigenvalue weighted by Gasteiger charge is 2.09. The molecule has 0 unspecified atom stereocenters. The van der Waals surface area contributed by atoms with Crippen molar-refractivity contribution in [3.8, 4) is 11.5 Å². The minimum atomic E-state index is 0.565. The molecule has 0 fully saturated rings. The van der Waals surface area contributed by atoms with Crippen LogP contribution in [0, 0.1) is 10.7 Å². The summed E-state index contributed by atoms with van der Waals surface area (Å²) in [6.07, 6.45) is 2.66. The largest absolute Gasteiger partial charge is 0.381 e. The molecule has 2 heterocycles. The zero-order valence-corrected chi connectivity index (χ0v) is 12.7. The summed E-state index contributed by atoms with van der Waals surface area (Å²) < 4.78 is 8.17. The maximum Gasteiger partial charge on any atom is 0.195 e. The molecule has 2 aromatic rings. The van der Waals surface area contributed by atoms with Gasteiger partial charge in [0.05, 0.1) is 0 Å². The summed E-state index contributed by atoms with van der Waals surface area (Å²) in [5.41, 5.74) is 0.822. The van der Waals surface area contributed by atoms with Crippen LogP contribution < -0.4 is 0 Å². The summed E-state index contributed by atoms with van der Waals surface area (Å²) in [5, 5.41) is 7.09. The van der Waals surface area contributed by atoms with Gasteiger partial charge in [0.25, 0.3) is 0 Å². The molecule has 0 saturated heterocycles. The molecule has 0 aliphatic rings. The van der Waals surface area contributed by atoms with Crippen LogP contribution in [-0.2, 0) is 11.3 Å². The standard InChI is InChI=1S/C14H20N4OS/c1-11(2)10-19-9-5-8-18-13(16-17-14(18)20)12-6-3-4-7-15-12/h3-4,6-7,11H,5,8-10H2,1-2H3,(H,17,20). The third kappa shape index (κ3) is 3.98. The summed E-state index contributed by atoms with van der Waals surface area (Å²) >= 11 is 5.27. The monoisotopic (exact) mass is 292 g/mol. The molecular weight excluding hydrogens is 272 g/mol. The van der Waals surface area contributed by atoms with E-state index in [4.69, 9.17) is 17.0 Å². The lowest BCUT2D eigenvalue weighted by Gasteiger charge is -2.08. The van der Waals surface area contributed by atoms with Gasteiger partial charge in [-0.3, -0.25) is 14.6 Å². The van der Waals surface area contributed by atoms with E-state index >= 15 is 0 Å². The number of H-pyrrole nitrogens is 1. The van der Waals surface area contributed by atoms with Crippen molar-refractivity contribution in [3.63, 3.8) is 0 Å². The molecule has 0 aliphatic carbocycles. The van der Waals surface area contributed by atoms with Crippen LogP contribution in [0.25, 0.3) is 11.5 Å². The number of aromatic nitrogens is 4. The van der Waals surface area contributed by atoms with Gasteiger partial charge >= 0.3 is 0 Å². The van der Waals surface area contributed by atoms with Crippen LogP contribution in [0.5, 0.6) is 0 Å². The highest BCUT2D eigenvalue weighted by molar-refractivity contribution is 7.71. The smallest absolute Gasteiger partial charge is 0.195 e. The second-order valence-electron chi connectivity index (χ2n) is 5.04. The maximum absolute atomic E-state index is 5.59. The Bertz CT molecular complexity index is 576. The first kappa shape index (κ1) is 14.9. The predicted octanol–water partition coefficient (Wildman–Crippen LogP) is 3.07. The summed E-state index contributed by atoms with van der Waals surface area (Å²) in [4.78, 5) is 4.31. The molecule has 20 heavy (non-hydrogen) atoms. The summed E-state index contributed by atoms with van der Waals surface area (Å²) in [7, 11) is 0. The Morgan fingerprint density at radius 2 is 2.25 bits per heavy atom. The predicted molar refractivity (Wildman–Crippen MR) is 80.9 cm³/mol. The molecule has 0 spiro atoms. The molecule has 108 valence electrons. The Morgan fingerprint density at radius 1 is 1.40 bits per heavy atom. The van der Waals surface area contributed by atoms with E-state index < -0.39 is 0 Å². The van der Waals surface area contributed by atoms with E-state index in [1.54, 1.807) is 6.20 Å². The summed E-state index contributed by atoms with van der Waals surface area (Å²) in [5.74, 6) is 1.34. The van der Waals surface area contributed by atoms with Gasteiger partial charge in [0.1, 0.15) is 5.69 Å². The number of nitrogens with zero attached hydrogens (tertiary/aromatic N) is 3. The average Bonchev–Trinajstić information content (AvgIpc) is 2.80. The fraction of sp³-hybridized carbons (Fsp3) is 0.500. The number of rotatable bonds is 7. The van der Waals surface area contributed by atoms with Gasteiger partial charge < -0.3 is 4.74 Å². The van der Waals surface area contributed by atoms with Gasteiger partial charge in [0, 0.05) is 26.0 Å². The van der Waals surface area contributed by atoms with E-state index in [0.717, 1.165) is 37.7 Å². The van der Waals surface area contributed by atoms with Crippen molar-refractivity contribution in [2.24, 2.45) is 5.92 Å². The van der Waals surface area contributed by atoms with Crippen LogP contribution >= 0.6 is 12.2 Å². The van der Waals surface area contributed by atoms with E-state index in [1.165, 1.54) is 0 Å². The quantitative estimate of drug-likeness (QED) is 0.629. The molecular formula is C14H20N4OS. The lowest BCUT2D eigenvalue weighted by atomic mass is 10.2. The number of aromatic amines is 1. The SMILES string of the molecule is CC(C)COCCCn1c(-c2ccccn2)n[nH]c1=S. The second kappa shape index (κ2) is 7.31. The number of pyridine rings is 1. The van der Waals surface area contributed by atoms with Crippen LogP contribution in [0.15, 0.2) is 24.4 Å². The van der Waals surface area contributed by atoms with Gasteiger partial charge in [-0.2, -0.15) is 5.10 Å². The Kier molecular flexibility index (Phi) is 5.43. The molecule has 2 aromatic heterocycles. The topological polar surface area (TPSA) is 55.7 Å². The van der Waals surface area contributed by atoms with Crippen molar-refractivity contribution in [1.82, 2.24) is 19.7 Å². The van der Waals surface area contributed by atoms with Crippen molar-refractivity contribution in [1.29, 1.82) is 0 Å². The molecule has 0 amide bonds. The molecule has 5 nitrogen and oxygen atoms in total. The first-order valence-corrected chi connectivity index (χ1v) is 7.23. The zero-order valence-electron chi connectivity index (χ0n) is 11.9. The molecule has 0 atom stereocenters. The van der Waals surface area contributed by atoms with Crippen LogP contribution in [0.4, 0.5) is 0 Å². The maximum atomic E-state index is 5.59. The van der Waals surface area contributed by atoms with Crippen molar-refractivity contribution in [2.75, 3.05) is 13.2 Å². The van der Waals surface area contributed by atoms with Crippen LogP contribution in [-0.4, -0.2) is 33.0 Å². The van der Waals surface area contributed by atoms with Gasteiger partial charge in [-0.05, 0) is 36.7 Å². The molecule has 0 radical (unpaired) electrons. The molecule has 0 aliphatic heterocycles. The third-order valence-corrected chi connectivity index (χ3v) is 3.09. The van der Waals surface area contributed by atoms with E-state index in [-0.39, 0.29) is 0 Å². The third-order valence-electron chi connectivity index (χ3n) is 2.77. The van der Waals surface area contributed by atoms with Gasteiger partial charge in [-0.15, -0.1) is 0 Å². The lowest BCUT2D eigenvalue weighted by molar-refractivity contribution is 0.105. The van der Waals surface area contributed by atoms with Gasteiger partial charge in [-0.1, -0.05) is 19.9 Å². The van der Waals surface area contributed by atoms with E-state index in [1.807, 2.05) is 22.8 Å². The van der Waals surface area contributed by atoms with Crippen molar-refractivity contribution in [2.45, 2.75) is 26.8 Å². The summed E-state index contributed by atoms with van der Waals surface area (Å²) in [6, 6.07) is 5.75. The molecule has 0 saturated carbocycles. The lowest BCUT2D eigenvalue weighted by Crippen LogP contribution is -2.08. The van der Waals surface area contributed by atoms with Crippen LogP contribution in [0.2, 0.25) is 0 Å². The van der Waals surface area contributed by atoms with E-state index in [9.17, 15) is 0 Å². The fourth-order valence-electron chi connectivity index (χ4n) is 1.86. The Balaban J connectivity index is 1.98. The zero-order chi connectivity index (χ0) is 14.4. The van der Waals surface area contributed by atoms with Crippen molar-refractivity contribution >= 4 is 12.2 Å². The number of hydrogen-bond donors (Lipinski definition) is 1. The highest BCUT2D eigenvalue weighted by Crippen LogP contribution is 2.14. The minimum absolute atomic E-state index is 0.565. The van der Waals surface area contributed by atoms with Gasteiger partial charge in [0.2, 0.25) is 0 Å². The molecule has 0 aromatic carbocycles. The summed E-state index contributed by atoms with van der Waals surface area (Å²) in [6.45, 7) is 6.59. The Labute approximate surface area is 124 Å². The first-order valence-electron chi connectivity index (χ1n) is 6.83. The van der Waals surface area contributed by atoms with Crippen LogP contribution in [0.3, 0.4) is 0 Å². The van der Waals surface area contributed by atoms with E-state index in [0.29, 0.717) is 10.7 Å². The van der Waals surface area contributed by atoms with E-state index in [2.05, 4.69) is 29.0 Å². The van der Waals surface area contributed by atoms with Gasteiger partial charge in [0.15, 0.2) is 10.6 Å². The molecule has 0 bridgehead atoms. The normalized spacial score (nSPS) is 11.2. The van der Waals surface area contributed by atoms with Gasteiger partial charge in [-0.25, -0.2) is 0 Å². The Morgan fingerprint density at radius 3 is 2.95 bits per heavy atom. The fourth-order valence-corrected chi connectivity index (χ4v) is 2.08.